The zero-order valence-electron chi connectivity index (χ0n) is 6.73. The molecule has 0 amide bonds. The zero-order valence-corrected chi connectivity index (χ0v) is 7.62. The van der Waals surface area contributed by atoms with Gasteiger partial charge in [-0.15, -0.1) is 0 Å². The van der Waals surface area contributed by atoms with Crippen LogP contribution in [0.25, 0.3) is 0 Å². The molecule has 1 atom stereocenters. The molecule has 3 N–H and O–H groups in total. The topological polar surface area (TPSA) is 98.9 Å². The van der Waals surface area contributed by atoms with Crippen molar-refractivity contribution in [3.05, 3.63) is 0 Å². The summed E-state index contributed by atoms with van der Waals surface area (Å²) in [5.74, 6) is 4.57. The largest absolute Gasteiger partial charge is 0.373 e. The van der Waals surface area contributed by atoms with E-state index in [4.69, 9.17) is 5.26 Å². The van der Waals surface area contributed by atoms with Crippen LogP contribution in [0.15, 0.2) is 0 Å². The highest BCUT2D eigenvalue weighted by atomic mass is 31.2. The van der Waals surface area contributed by atoms with Crippen LogP contribution < -0.4 is 5.90 Å². The highest BCUT2D eigenvalue weighted by molar-refractivity contribution is 7.53. The van der Waals surface area contributed by atoms with Crippen molar-refractivity contribution in [3.8, 4) is 0 Å². The van der Waals surface area contributed by atoms with Crippen molar-refractivity contribution in [1.82, 2.24) is 0 Å². The first-order valence-electron chi connectivity index (χ1n) is 3.34. The highest BCUT2D eigenvalue weighted by Gasteiger charge is 2.23. The fourth-order valence-corrected chi connectivity index (χ4v) is 1.41. The van der Waals surface area contributed by atoms with E-state index in [0.717, 1.165) is 0 Å². The van der Waals surface area contributed by atoms with Crippen LogP contribution in [0.3, 0.4) is 0 Å². The Morgan fingerprint density at radius 2 is 2.25 bits per heavy atom. The fourth-order valence-electron chi connectivity index (χ4n) is 0.634. The molecule has 0 spiro atoms. The number of carbonyl (C=O) groups is 1. The van der Waals surface area contributed by atoms with Gasteiger partial charge in [-0.1, -0.05) is 0 Å². The fraction of sp³-hybridized carbons (Fsp3) is 0.800. The van der Waals surface area contributed by atoms with Crippen molar-refractivity contribution in [1.29, 1.82) is 0 Å². The van der Waals surface area contributed by atoms with E-state index in [1.165, 1.54) is 6.92 Å². The van der Waals surface area contributed by atoms with Crippen LogP contribution in [0.4, 0.5) is 0 Å². The zero-order chi connectivity index (χ0) is 9.61. The minimum Gasteiger partial charge on any atom is -0.300 e. The van der Waals surface area contributed by atoms with Gasteiger partial charge >= 0.3 is 7.60 Å². The second-order valence-electron chi connectivity index (χ2n) is 2.33. The first kappa shape index (κ1) is 11.7. The summed E-state index contributed by atoms with van der Waals surface area (Å²) < 4.78 is 18.5. The Balaban J connectivity index is 3.74. The normalized spacial score (nSPS) is 15.6. The lowest BCUT2D eigenvalue weighted by atomic mass is 10.3. The third kappa shape index (κ3) is 4.58. The van der Waals surface area contributed by atoms with Gasteiger partial charge in [-0.3, -0.25) is 4.57 Å². The maximum absolute atomic E-state index is 11.0. The quantitative estimate of drug-likeness (QED) is 0.373. The summed E-state index contributed by atoms with van der Waals surface area (Å²) in [7, 11) is -3.56. The van der Waals surface area contributed by atoms with Crippen molar-refractivity contribution in [2.75, 3.05) is 6.16 Å². The average Bonchev–Trinajstić information content (AvgIpc) is 2.03. The van der Waals surface area contributed by atoms with E-state index in [9.17, 15) is 9.36 Å². The Kier molecular flexibility index (Phi) is 5.28. The molecule has 7 heteroatoms. The van der Waals surface area contributed by atoms with E-state index >= 15 is 0 Å². The maximum atomic E-state index is 11.0. The molecule has 0 saturated heterocycles. The van der Waals surface area contributed by atoms with Crippen molar-refractivity contribution in [3.63, 3.8) is 0 Å². The molecule has 0 aliphatic heterocycles. The number of carbonyl (C=O) groups excluding carboxylic acids is 1. The molecular weight excluding hydrogens is 185 g/mol. The van der Waals surface area contributed by atoms with E-state index in [1.807, 2.05) is 0 Å². The van der Waals surface area contributed by atoms with Crippen LogP contribution in [0, 0.1) is 0 Å². The monoisotopic (exact) mass is 197 g/mol. The average molecular weight is 197 g/mol. The van der Waals surface area contributed by atoms with Gasteiger partial charge in [0.25, 0.3) is 0 Å². The molecule has 0 aromatic carbocycles. The number of nitrogens with two attached hydrogens (primary N) is 1. The van der Waals surface area contributed by atoms with Gasteiger partial charge < -0.3 is 4.79 Å². The van der Waals surface area contributed by atoms with E-state index in [1.54, 1.807) is 0 Å². The number of Topliss-reactive ketones (excluding diaryl/α,β-unsaturated/α-hetero) is 1. The summed E-state index contributed by atoms with van der Waals surface area (Å²) in [6, 6.07) is 0. The van der Waals surface area contributed by atoms with Gasteiger partial charge in [0.05, 0.1) is 6.16 Å². The molecule has 6 nitrogen and oxygen atoms in total. The lowest BCUT2D eigenvalue weighted by Gasteiger charge is -2.08. The van der Waals surface area contributed by atoms with Gasteiger partial charge in [0, 0.05) is 6.42 Å². The van der Waals surface area contributed by atoms with E-state index in [-0.39, 0.29) is 18.4 Å². The molecule has 0 aromatic rings. The predicted octanol–water partition coefficient (Wildman–Crippen LogP) is 0.929. The summed E-state index contributed by atoms with van der Waals surface area (Å²) in [6.07, 6.45) is 0.501. The van der Waals surface area contributed by atoms with Crippen molar-refractivity contribution < 1.29 is 23.9 Å². The molecule has 0 fully saturated rings. The second-order valence-corrected chi connectivity index (χ2v) is 4.37. The third-order valence-corrected chi connectivity index (χ3v) is 2.68. The molecule has 12 heavy (non-hydrogen) atoms. The van der Waals surface area contributed by atoms with Gasteiger partial charge in [-0.25, -0.2) is 15.8 Å². The standard InChI is InChI=1S/C5H12NO5P/c1-5(7)3-2-4-12(9,10-6)11-8/h8H,2-4,6H2,1H3. The minimum atomic E-state index is -3.56. The Bertz CT molecular complexity index is 186. The van der Waals surface area contributed by atoms with Crippen molar-refractivity contribution in [2.45, 2.75) is 19.8 Å². The molecule has 1 unspecified atom stereocenters. The Hall–Kier alpha value is -0.260. The van der Waals surface area contributed by atoms with Crippen LogP contribution in [0.1, 0.15) is 19.8 Å². The van der Waals surface area contributed by atoms with E-state index in [2.05, 4.69) is 15.2 Å². The van der Waals surface area contributed by atoms with Crippen LogP contribution in [-0.2, 0) is 18.7 Å². The number of rotatable bonds is 6. The number of hydrogen-bond acceptors (Lipinski definition) is 6. The smallest absolute Gasteiger partial charge is 0.300 e. The molecular formula is C5H12NO5P. The Morgan fingerprint density at radius 1 is 1.67 bits per heavy atom. The first-order chi connectivity index (χ1) is 5.54. The van der Waals surface area contributed by atoms with Gasteiger partial charge in [-0.05, 0) is 13.3 Å². The van der Waals surface area contributed by atoms with E-state index in [0.29, 0.717) is 6.42 Å². The maximum Gasteiger partial charge on any atom is 0.373 e. The lowest BCUT2D eigenvalue weighted by Crippen LogP contribution is -2.04. The minimum absolute atomic E-state index is 0.0310. The first-order valence-corrected chi connectivity index (χ1v) is 5.07. The molecule has 0 aliphatic rings. The molecule has 0 rings (SSSR count). The highest BCUT2D eigenvalue weighted by Crippen LogP contribution is 2.45. The molecule has 0 radical (unpaired) electrons. The summed E-state index contributed by atoms with van der Waals surface area (Å²) in [5, 5.41) is 8.10. The molecule has 0 heterocycles. The second kappa shape index (κ2) is 5.40. The van der Waals surface area contributed by atoms with Crippen LogP contribution in [0.5, 0.6) is 0 Å². The summed E-state index contributed by atoms with van der Waals surface area (Å²) in [5.41, 5.74) is 0. The number of hydrogen-bond donors (Lipinski definition) is 2. The molecule has 72 valence electrons. The Morgan fingerprint density at radius 3 is 2.58 bits per heavy atom. The number of ketones is 1. The Labute approximate surface area is 70.1 Å². The van der Waals surface area contributed by atoms with Crippen molar-refractivity contribution >= 4 is 13.4 Å². The van der Waals surface area contributed by atoms with E-state index < -0.39 is 7.60 Å². The van der Waals surface area contributed by atoms with Gasteiger partial charge in [0.1, 0.15) is 5.78 Å². The third-order valence-electron chi connectivity index (χ3n) is 1.25. The molecule has 0 aromatic heterocycles. The molecule has 0 bridgehead atoms. The summed E-state index contributed by atoms with van der Waals surface area (Å²) >= 11 is 0. The van der Waals surface area contributed by atoms with Crippen molar-refractivity contribution in [2.24, 2.45) is 5.90 Å². The van der Waals surface area contributed by atoms with Crippen LogP contribution >= 0.6 is 7.60 Å². The molecule has 0 saturated carbocycles. The lowest BCUT2D eigenvalue weighted by molar-refractivity contribution is -0.149. The van der Waals surface area contributed by atoms with Gasteiger partial charge in [0.2, 0.25) is 0 Å². The summed E-state index contributed by atoms with van der Waals surface area (Å²) in [4.78, 5) is 10.4. The van der Waals surface area contributed by atoms with Gasteiger partial charge in [0.15, 0.2) is 0 Å². The van der Waals surface area contributed by atoms with Gasteiger partial charge in [-0.2, -0.15) is 4.67 Å². The SMILES string of the molecule is CC(=O)CCCP(=O)(ON)OO. The predicted molar refractivity (Wildman–Crippen MR) is 41.4 cm³/mol. The summed E-state index contributed by atoms with van der Waals surface area (Å²) in [6.45, 7) is 1.41. The van der Waals surface area contributed by atoms with Crippen LogP contribution in [-0.4, -0.2) is 17.2 Å². The molecule has 0 aliphatic carbocycles. The van der Waals surface area contributed by atoms with Crippen LogP contribution in [0.2, 0.25) is 0 Å².